The van der Waals surface area contributed by atoms with Gasteiger partial charge in [-0.3, -0.25) is 0 Å². The summed E-state index contributed by atoms with van der Waals surface area (Å²) in [5.41, 5.74) is 0.662. The minimum Gasteiger partial charge on any atom is -0.390 e. The summed E-state index contributed by atoms with van der Waals surface area (Å²) in [7, 11) is 0. The van der Waals surface area contributed by atoms with E-state index >= 15 is 0 Å². The molecule has 0 unspecified atom stereocenters. The largest absolute Gasteiger partial charge is 0.390 e. The Morgan fingerprint density at radius 3 is 3.00 bits per heavy atom. The Kier molecular flexibility index (Phi) is 1.65. The molecule has 3 nitrogen and oxygen atoms in total. The molecular formula is C6H8N2O. The van der Waals surface area contributed by atoms with Crippen molar-refractivity contribution >= 4 is 6.20 Å². The van der Waals surface area contributed by atoms with Crippen molar-refractivity contribution in [2.45, 2.75) is 6.61 Å². The van der Waals surface area contributed by atoms with E-state index in [0.717, 1.165) is 0 Å². The molecule has 1 aromatic heterocycles. The van der Waals surface area contributed by atoms with Crippen LogP contribution in [0.4, 0.5) is 0 Å². The molecule has 1 N–H and O–H groups in total. The van der Waals surface area contributed by atoms with Gasteiger partial charge in [-0.1, -0.05) is 6.58 Å². The first-order valence-electron chi connectivity index (χ1n) is 2.62. The molecule has 0 aliphatic heterocycles. The van der Waals surface area contributed by atoms with Crippen LogP contribution in [0.25, 0.3) is 6.20 Å². The molecular weight excluding hydrogens is 116 g/mol. The summed E-state index contributed by atoms with van der Waals surface area (Å²) in [6.45, 7) is 3.51. The van der Waals surface area contributed by atoms with Gasteiger partial charge >= 0.3 is 0 Å². The summed E-state index contributed by atoms with van der Waals surface area (Å²) in [4.78, 5) is 3.85. The van der Waals surface area contributed by atoms with E-state index in [4.69, 9.17) is 5.11 Å². The van der Waals surface area contributed by atoms with Crippen molar-refractivity contribution in [2.24, 2.45) is 0 Å². The van der Waals surface area contributed by atoms with E-state index in [2.05, 4.69) is 11.6 Å². The lowest BCUT2D eigenvalue weighted by Gasteiger charge is -1.83. The van der Waals surface area contributed by atoms with Crippen LogP contribution in [-0.2, 0) is 6.61 Å². The zero-order valence-corrected chi connectivity index (χ0v) is 4.99. The fraction of sp³-hybridized carbons (Fsp3) is 0.167. The second kappa shape index (κ2) is 2.46. The molecule has 1 rings (SSSR count). The molecule has 0 bridgehead atoms. The summed E-state index contributed by atoms with van der Waals surface area (Å²) in [6.07, 6.45) is 4.93. The van der Waals surface area contributed by atoms with Crippen LogP contribution in [0.3, 0.4) is 0 Å². The summed E-state index contributed by atoms with van der Waals surface area (Å²) in [6, 6.07) is 0. The first kappa shape index (κ1) is 6.04. The van der Waals surface area contributed by atoms with Crippen molar-refractivity contribution in [3.05, 3.63) is 24.8 Å². The first-order valence-corrected chi connectivity index (χ1v) is 2.62. The lowest BCUT2D eigenvalue weighted by Crippen LogP contribution is -1.79. The molecule has 0 spiro atoms. The van der Waals surface area contributed by atoms with Crippen molar-refractivity contribution < 1.29 is 5.11 Å². The number of hydrogen-bond donors (Lipinski definition) is 1. The Hall–Kier alpha value is -1.09. The van der Waals surface area contributed by atoms with Gasteiger partial charge in [0.25, 0.3) is 0 Å². The molecule has 48 valence electrons. The van der Waals surface area contributed by atoms with Gasteiger partial charge in [-0.05, 0) is 0 Å². The number of aliphatic hydroxyl groups is 1. The fourth-order valence-electron chi connectivity index (χ4n) is 0.561. The molecule has 0 amide bonds. The Labute approximate surface area is 53.3 Å². The molecule has 9 heavy (non-hydrogen) atoms. The second-order valence-corrected chi connectivity index (χ2v) is 1.65. The van der Waals surface area contributed by atoms with E-state index in [1.165, 1.54) is 0 Å². The van der Waals surface area contributed by atoms with Crippen LogP contribution in [-0.4, -0.2) is 14.7 Å². The molecule has 0 fully saturated rings. The Bertz CT molecular complexity index is 205. The van der Waals surface area contributed by atoms with Crippen LogP contribution in [0, 0.1) is 0 Å². The molecule has 3 heteroatoms. The molecule has 1 heterocycles. The molecule has 0 atom stereocenters. The summed E-state index contributed by atoms with van der Waals surface area (Å²) in [5, 5.41) is 8.54. The predicted octanol–water partition coefficient (Wildman–Crippen LogP) is 0.476. The molecule has 0 radical (unpaired) electrons. The topological polar surface area (TPSA) is 38.0 Å². The highest BCUT2D eigenvalue weighted by atomic mass is 16.3. The zero-order valence-electron chi connectivity index (χ0n) is 4.99. The average Bonchev–Trinajstić information content (AvgIpc) is 2.34. The van der Waals surface area contributed by atoms with Gasteiger partial charge < -0.3 is 9.67 Å². The zero-order chi connectivity index (χ0) is 6.69. The van der Waals surface area contributed by atoms with Gasteiger partial charge in [0.05, 0.1) is 18.6 Å². The monoisotopic (exact) mass is 124 g/mol. The number of aliphatic hydroxyl groups excluding tert-OH is 1. The molecule has 1 aromatic rings. The third-order valence-electron chi connectivity index (χ3n) is 1.03. The second-order valence-electron chi connectivity index (χ2n) is 1.65. The van der Waals surface area contributed by atoms with E-state index in [1.54, 1.807) is 23.3 Å². The maximum atomic E-state index is 8.54. The summed E-state index contributed by atoms with van der Waals surface area (Å²) < 4.78 is 1.69. The van der Waals surface area contributed by atoms with Crippen molar-refractivity contribution in [1.82, 2.24) is 9.55 Å². The lowest BCUT2D eigenvalue weighted by molar-refractivity contribution is 0.277. The van der Waals surface area contributed by atoms with Gasteiger partial charge in [0.1, 0.15) is 0 Å². The van der Waals surface area contributed by atoms with Gasteiger partial charge in [-0.15, -0.1) is 0 Å². The van der Waals surface area contributed by atoms with Crippen LogP contribution >= 0.6 is 0 Å². The summed E-state index contributed by atoms with van der Waals surface area (Å²) >= 11 is 0. The molecule has 0 aliphatic carbocycles. The van der Waals surface area contributed by atoms with Gasteiger partial charge in [-0.25, -0.2) is 4.98 Å². The highest BCUT2D eigenvalue weighted by Gasteiger charge is 1.90. The van der Waals surface area contributed by atoms with Gasteiger partial charge in [0.15, 0.2) is 0 Å². The van der Waals surface area contributed by atoms with Crippen LogP contribution in [0.2, 0.25) is 0 Å². The van der Waals surface area contributed by atoms with Crippen molar-refractivity contribution in [1.29, 1.82) is 0 Å². The quantitative estimate of drug-likeness (QED) is 0.622. The number of hydrogen-bond acceptors (Lipinski definition) is 2. The smallest absolute Gasteiger partial charge is 0.0991 e. The Morgan fingerprint density at radius 2 is 2.67 bits per heavy atom. The normalized spacial score (nSPS) is 9.44. The van der Waals surface area contributed by atoms with Gasteiger partial charge in [0, 0.05) is 12.4 Å². The maximum absolute atomic E-state index is 8.54. The van der Waals surface area contributed by atoms with Crippen molar-refractivity contribution in [3.63, 3.8) is 0 Å². The number of aromatic nitrogens is 2. The molecule has 0 saturated carbocycles. The van der Waals surface area contributed by atoms with Crippen molar-refractivity contribution in [3.8, 4) is 0 Å². The predicted molar refractivity (Wildman–Crippen MR) is 34.5 cm³/mol. The minimum atomic E-state index is -0.0131. The first-order chi connectivity index (χ1) is 4.36. The van der Waals surface area contributed by atoms with Crippen LogP contribution in [0.1, 0.15) is 5.69 Å². The highest BCUT2D eigenvalue weighted by Crippen LogP contribution is 1.94. The molecule has 0 aromatic carbocycles. The minimum absolute atomic E-state index is 0.0131. The standard InChI is InChI=1S/C6H8N2O/c1-2-8-3-6(4-9)7-5-8/h2-3,5,9H,1,4H2. The third kappa shape index (κ3) is 1.17. The number of nitrogens with zero attached hydrogens (tertiary/aromatic N) is 2. The number of imidazole rings is 1. The Balaban J connectivity index is 2.86. The van der Waals surface area contributed by atoms with Crippen LogP contribution in [0.5, 0.6) is 0 Å². The summed E-state index contributed by atoms with van der Waals surface area (Å²) in [5.74, 6) is 0. The van der Waals surface area contributed by atoms with E-state index < -0.39 is 0 Å². The third-order valence-corrected chi connectivity index (χ3v) is 1.03. The SMILES string of the molecule is C=Cn1cnc(CO)c1. The lowest BCUT2D eigenvalue weighted by atomic mass is 10.5. The van der Waals surface area contributed by atoms with Crippen LogP contribution < -0.4 is 0 Å². The fourth-order valence-corrected chi connectivity index (χ4v) is 0.561. The van der Waals surface area contributed by atoms with E-state index in [1.807, 2.05) is 0 Å². The van der Waals surface area contributed by atoms with Gasteiger partial charge in [0.2, 0.25) is 0 Å². The van der Waals surface area contributed by atoms with Crippen LogP contribution in [0.15, 0.2) is 19.1 Å². The van der Waals surface area contributed by atoms with Crippen molar-refractivity contribution in [2.75, 3.05) is 0 Å². The average molecular weight is 124 g/mol. The maximum Gasteiger partial charge on any atom is 0.0991 e. The highest BCUT2D eigenvalue weighted by molar-refractivity contribution is 5.17. The van der Waals surface area contributed by atoms with E-state index in [9.17, 15) is 0 Å². The van der Waals surface area contributed by atoms with E-state index in [0.29, 0.717) is 5.69 Å². The molecule has 0 aliphatic rings. The van der Waals surface area contributed by atoms with Gasteiger partial charge in [-0.2, -0.15) is 0 Å². The Morgan fingerprint density at radius 1 is 1.89 bits per heavy atom. The number of rotatable bonds is 2. The molecule has 0 saturated heterocycles. The van der Waals surface area contributed by atoms with E-state index in [-0.39, 0.29) is 6.61 Å².